The predicted octanol–water partition coefficient (Wildman–Crippen LogP) is 1.92. The summed E-state index contributed by atoms with van der Waals surface area (Å²) in [7, 11) is 1.53. The highest BCUT2D eigenvalue weighted by molar-refractivity contribution is 6.00. The molecule has 8 heteroatoms. The van der Waals surface area contributed by atoms with Gasteiger partial charge in [-0.25, -0.2) is 9.59 Å². The van der Waals surface area contributed by atoms with Crippen molar-refractivity contribution < 1.29 is 4.79 Å². The Morgan fingerprint density at radius 1 is 1.00 bits per heavy atom. The molecule has 0 fully saturated rings. The van der Waals surface area contributed by atoms with Gasteiger partial charge in [0.05, 0.1) is 5.69 Å². The molecule has 1 heterocycles. The van der Waals surface area contributed by atoms with Crippen molar-refractivity contribution in [1.29, 1.82) is 0 Å². The van der Waals surface area contributed by atoms with Crippen LogP contribution in [0.15, 0.2) is 53.3 Å². The Morgan fingerprint density at radius 2 is 1.71 bits per heavy atom. The average Bonchev–Trinajstić information content (AvgIpc) is 2.90. The maximum Gasteiger partial charge on any atom is 0.368 e. The number of rotatable bonds is 3. The number of benzene rings is 2. The fraction of sp³-hybridized carbons (Fsp3) is 0.125. The van der Waals surface area contributed by atoms with Gasteiger partial charge in [-0.15, -0.1) is 0 Å². The minimum atomic E-state index is -0.340. The van der Waals surface area contributed by atoms with E-state index in [4.69, 9.17) is 0 Å². The van der Waals surface area contributed by atoms with Gasteiger partial charge in [0.2, 0.25) is 0 Å². The number of carbonyl (C=O) groups is 1. The molecule has 0 spiro atoms. The summed E-state index contributed by atoms with van der Waals surface area (Å²) >= 11 is 0. The summed E-state index contributed by atoms with van der Waals surface area (Å²) in [5, 5.41) is 12.9. The van der Waals surface area contributed by atoms with Crippen LogP contribution >= 0.6 is 0 Å². The first kappa shape index (κ1) is 15.5. The van der Waals surface area contributed by atoms with Gasteiger partial charge in [0, 0.05) is 18.4 Å². The fourth-order valence-corrected chi connectivity index (χ4v) is 2.16. The minimum Gasteiger partial charge on any atom is -0.308 e. The summed E-state index contributed by atoms with van der Waals surface area (Å²) < 4.78 is 2.32. The van der Waals surface area contributed by atoms with Crippen molar-refractivity contribution >= 4 is 17.4 Å². The third-order valence-corrected chi connectivity index (χ3v) is 3.48. The average molecular weight is 324 g/mol. The number of nitrogens with one attached hydrogen (secondary N) is 2. The molecular formula is C16H16N6O2. The van der Waals surface area contributed by atoms with Crippen molar-refractivity contribution in [2.45, 2.75) is 6.92 Å². The van der Waals surface area contributed by atoms with E-state index in [1.807, 2.05) is 31.2 Å². The normalized spacial score (nSPS) is 10.4. The second-order valence-corrected chi connectivity index (χ2v) is 5.24. The highest BCUT2D eigenvalue weighted by atomic mass is 16.2. The molecule has 0 atom stereocenters. The van der Waals surface area contributed by atoms with Gasteiger partial charge in [-0.05, 0) is 53.2 Å². The van der Waals surface area contributed by atoms with Crippen LogP contribution in [0.25, 0.3) is 5.69 Å². The van der Waals surface area contributed by atoms with Crippen LogP contribution in [-0.4, -0.2) is 25.8 Å². The molecule has 0 aliphatic rings. The van der Waals surface area contributed by atoms with Gasteiger partial charge in [-0.3, -0.25) is 0 Å². The highest BCUT2D eigenvalue weighted by Crippen LogP contribution is 2.15. The Bertz CT molecular complexity index is 926. The number of tetrazole rings is 1. The summed E-state index contributed by atoms with van der Waals surface area (Å²) in [6.45, 7) is 1.92. The largest absolute Gasteiger partial charge is 0.368 e. The molecule has 8 nitrogen and oxygen atoms in total. The first-order chi connectivity index (χ1) is 11.5. The molecule has 0 bridgehead atoms. The van der Waals surface area contributed by atoms with E-state index in [1.165, 1.54) is 11.7 Å². The second kappa shape index (κ2) is 6.37. The molecule has 0 saturated carbocycles. The molecule has 2 amide bonds. The van der Waals surface area contributed by atoms with E-state index in [2.05, 4.69) is 21.1 Å². The smallest absolute Gasteiger partial charge is 0.308 e. The Morgan fingerprint density at radius 3 is 2.33 bits per heavy atom. The molecule has 0 saturated heterocycles. The zero-order valence-corrected chi connectivity index (χ0v) is 13.2. The number of hydrogen-bond acceptors (Lipinski definition) is 4. The molecular weight excluding hydrogens is 308 g/mol. The molecule has 0 unspecified atom stereocenters. The molecule has 0 aliphatic heterocycles. The predicted molar refractivity (Wildman–Crippen MR) is 90.4 cm³/mol. The first-order valence-electron chi connectivity index (χ1n) is 7.27. The molecule has 1 aromatic heterocycles. The minimum absolute atomic E-state index is 0.339. The standard InChI is InChI=1S/C16H16N6O2/c1-11-5-3-4-6-14(11)18-15(23)17-12-7-9-13(10-8-12)22-16(24)21(2)19-20-22/h3-10H,1-2H3,(H2,17,18,23). The number of amides is 2. The van der Waals surface area contributed by atoms with Crippen molar-refractivity contribution in [3.05, 3.63) is 64.6 Å². The molecule has 0 radical (unpaired) electrons. The van der Waals surface area contributed by atoms with Gasteiger partial charge in [0.15, 0.2) is 0 Å². The van der Waals surface area contributed by atoms with E-state index in [1.54, 1.807) is 24.3 Å². The monoisotopic (exact) mass is 324 g/mol. The van der Waals surface area contributed by atoms with Crippen LogP contribution in [0.5, 0.6) is 0 Å². The fourth-order valence-electron chi connectivity index (χ4n) is 2.16. The number of urea groups is 1. The summed E-state index contributed by atoms with van der Waals surface area (Å²) in [5.41, 5.74) is 2.55. The van der Waals surface area contributed by atoms with Crippen molar-refractivity contribution in [1.82, 2.24) is 19.8 Å². The number of hydrogen-bond donors (Lipinski definition) is 2. The van der Waals surface area contributed by atoms with Gasteiger partial charge in [0.1, 0.15) is 0 Å². The topological polar surface area (TPSA) is 93.8 Å². The van der Waals surface area contributed by atoms with Crippen molar-refractivity contribution in [3.8, 4) is 5.69 Å². The van der Waals surface area contributed by atoms with E-state index in [0.717, 1.165) is 15.9 Å². The van der Waals surface area contributed by atoms with Crippen LogP contribution < -0.4 is 16.3 Å². The molecule has 2 N–H and O–H groups in total. The van der Waals surface area contributed by atoms with E-state index < -0.39 is 0 Å². The Hall–Kier alpha value is -3.42. The van der Waals surface area contributed by atoms with E-state index in [0.29, 0.717) is 11.4 Å². The van der Waals surface area contributed by atoms with Gasteiger partial charge in [-0.1, -0.05) is 18.2 Å². The Kier molecular flexibility index (Phi) is 4.11. The zero-order chi connectivity index (χ0) is 17.1. The summed E-state index contributed by atoms with van der Waals surface area (Å²) in [6.07, 6.45) is 0. The van der Waals surface area contributed by atoms with E-state index in [9.17, 15) is 9.59 Å². The lowest BCUT2D eigenvalue weighted by atomic mass is 10.2. The molecule has 2 aromatic carbocycles. The van der Waals surface area contributed by atoms with Crippen LogP contribution in [0, 0.1) is 6.92 Å². The first-order valence-corrected chi connectivity index (χ1v) is 7.27. The van der Waals surface area contributed by atoms with Crippen LogP contribution in [0.2, 0.25) is 0 Å². The molecule has 3 rings (SSSR count). The summed E-state index contributed by atoms with van der Waals surface area (Å²) in [4.78, 5) is 23.8. The lowest BCUT2D eigenvalue weighted by molar-refractivity contribution is 0.262. The number of aromatic nitrogens is 4. The third-order valence-electron chi connectivity index (χ3n) is 3.48. The van der Waals surface area contributed by atoms with E-state index >= 15 is 0 Å². The van der Waals surface area contributed by atoms with Gasteiger partial charge in [-0.2, -0.15) is 9.36 Å². The Balaban J connectivity index is 1.70. The lowest BCUT2D eigenvalue weighted by Gasteiger charge is -2.10. The third kappa shape index (κ3) is 3.17. The van der Waals surface area contributed by atoms with Crippen LogP contribution in [0.4, 0.5) is 16.2 Å². The number of carbonyl (C=O) groups excluding carboxylic acids is 1. The van der Waals surface area contributed by atoms with E-state index in [-0.39, 0.29) is 11.7 Å². The van der Waals surface area contributed by atoms with Gasteiger partial charge in [0.25, 0.3) is 0 Å². The van der Waals surface area contributed by atoms with Crippen molar-refractivity contribution in [2.24, 2.45) is 7.05 Å². The second-order valence-electron chi connectivity index (χ2n) is 5.24. The van der Waals surface area contributed by atoms with Crippen LogP contribution in [0.3, 0.4) is 0 Å². The highest BCUT2D eigenvalue weighted by Gasteiger charge is 2.07. The number of anilines is 2. The maximum atomic E-state index is 12.0. The van der Waals surface area contributed by atoms with Gasteiger partial charge < -0.3 is 10.6 Å². The van der Waals surface area contributed by atoms with Crippen molar-refractivity contribution in [2.75, 3.05) is 10.6 Å². The quantitative estimate of drug-likeness (QED) is 0.769. The van der Waals surface area contributed by atoms with Crippen LogP contribution in [0.1, 0.15) is 5.56 Å². The molecule has 3 aromatic rings. The molecule has 0 aliphatic carbocycles. The molecule has 122 valence electrons. The Labute approximate surface area is 137 Å². The number of aryl methyl sites for hydroxylation is 2. The SMILES string of the molecule is Cc1ccccc1NC(=O)Nc1ccc(-n2nnn(C)c2=O)cc1. The van der Waals surface area contributed by atoms with Crippen molar-refractivity contribution in [3.63, 3.8) is 0 Å². The van der Waals surface area contributed by atoms with Gasteiger partial charge >= 0.3 is 11.7 Å². The number of para-hydroxylation sites is 1. The maximum absolute atomic E-state index is 12.0. The summed E-state index contributed by atoms with van der Waals surface area (Å²) in [5.74, 6) is 0. The molecule has 24 heavy (non-hydrogen) atoms. The summed E-state index contributed by atoms with van der Waals surface area (Å²) in [6, 6.07) is 13.9. The zero-order valence-electron chi connectivity index (χ0n) is 13.2. The lowest BCUT2D eigenvalue weighted by Crippen LogP contribution is -2.22. The number of nitrogens with zero attached hydrogens (tertiary/aromatic N) is 4. The van der Waals surface area contributed by atoms with Crippen LogP contribution in [-0.2, 0) is 7.05 Å².